The van der Waals surface area contributed by atoms with E-state index in [1.54, 1.807) is 18.2 Å². The van der Waals surface area contributed by atoms with Gasteiger partial charge in [-0.15, -0.1) is 0 Å². The fraction of sp³-hybridized carbons (Fsp3) is 0.188. The molecule has 0 unspecified atom stereocenters. The number of hydrogen-bond donors (Lipinski definition) is 0. The van der Waals surface area contributed by atoms with Crippen molar-refractivity contribution < 1.29 is 19.1 Å². The van der Waals surface area contributed by atoms with Crippen molar-refractivity contribution in [3.8, 4) is 23.3 Å². The molecule has 0 aromatic heterocycles. The smallest absolute Gasteiger partial charge is 0.270 e. The molecule has 0 saturated heterocycles. The average molecular weight is 314 g/mol. The summed E-state index contributed by atoms with van der Waals surface area (Å²) in [6, 6.07) is 11.1. The number of nitriles is 1. The highest BCUT2D eigenvalue weighted by molar-refractivity contribution is 5.47. The van der Waals surface area contributed by atoms with Crippen LogP contribution in [0, 0.1) is 21.4 Å². The van der Waals surface area contributed by atoms with Crippen molar-refractivity contribution in [3.63, 3.8) is 0 Å². The van der Waals surface area contributed by atoms with Gasteiger partial charge in [0.1, 0.15) is 12.4 Å². The van der Waals surface area contributed by atoms with Crippen molar-refractivity contribution in [1.82, 2.24) is 0 Å². The van der Waals surface area contributed by atoms with Gasteiger partial charge in [-0.3, -0.25) is 10.1 Å². The van der Waals surface area contributed by atoms with Gasteiger partial charge in [-0.2, -0.15) is 5.26 Å². The highest BCUT2D eigenvalue weighted by atomic mass is 16.6. The lowest BCUT2D eigenvalue weighted by Crippen LogP contribution is -2.01. The van der Waals surface area contributed by atoms with Crippen LogP contribution < -0.4 is 14.2 Å². The zero-order valence-electron chi connectivity index (χ0n) is 12.6. The molecule has 7 heteroatoms. The molecule has 2 rings (SSSR count). The van der Waals surface area contributed by atoms with Gasteiger partial charge in [0, 0.05) is 23.8 Å². The lowest BCUT2D eigenvalue weighted by molar-refractivity contribution is -0.385. The van der Waals surface area contributed by atoms with E-state index in [1.165, 1.54) is 32.4 Å². The van der Waals surface area contributed by atoms with Crippen LogP contribution >= 0.6 is 0 Å². The van der Waals surface area contributed by atoms with E-state index in [0.717, 1.165) is 0 Å². The molecule has 0 radical (unpaired) electrons. The normalized spacial score (nSPS) is 9.78. The highest BCUT2D eigenvalue weighted by Gasteiger charge is 2.13. The first-order valence-electron chi connectivity index (χ1n) is 6.61. The molecular weight excluding hydrogens is 300 g/mol. The summed E-state index contributed by atoms with van der Waals surface area (Å²) in [6.45, 7) is 0.0626. The minimum Gasteiger partial charge on any atom is -0.496 e. The molecule has 0 spiro atoms. The maximum absolute atomic E-state index is 10.9. The van der Waals surface area contributed by atoms with Gasteiger partial charge < -0.3 is 14.2 Å². The third-order valence-electron chi connectivity index (χ3n) is 3.15. The minimum absolute atomic E-state index is 0.0452. The molecule has 7 nitrogen and oxygen atoms in total. The molecule has 0 fully saturated rings. The second kappa shape index (κ2) is 7.13. The van der Waals surface area contributed by atoms with Gasteiger partial charge in [0.2, 0.25) is 0 Å². The van der Waals surface area contributed by atoms with Gasteiger partial charge >= 0.3 is 0 Å². The van der Waals surface area contributed by atoms with E-state index >= 15 is 0 Å². The summed E-state index contributed by atoms with van der Waals surface area (Å²) in [5, 5.41) is 19.8. The van der Waals surface area contributed by atoms with Crippen LogP contribution in [0.5, 0.6) is 17.2 Å². The Morgan fingerprint density at radius 1 is 1.09 bits per heavy atom. The van der Waals surface area contributed by atoms with Crippen LogP contribution in [0.4, 0.5) is 5.69 Å². The number of rotatable bonds is 6. The van der Waals surface area contributed by atoms with Crippen LogP contribution in [0.25, 0.3) is 0 Å². The van der Waals surface area contributed by atoms with Crippen LogP contribution in [0.3, 0.4) is 0 Å². The first kappa shape index (κ1) is 16.1. The molecule has 0 heterocycles. The Kier molecular flexibility index (Phi) is 5.00. The Morgan fingerprint density at radius 2 is 1.78 bits per heavy atom. The molecule has 2 aromatic carbocycles. The summed E-state index contributed by atoms with van der Waals surface area (Å²) in [5.74, 6) is 1.33. The van der Waals surface area contributed by atoms with Gasteiger partial charge in [0.15, 0.2) is 11.5 Å². The van der Waals surface area contributed by atoms with E-state index in [0.29, 0.717) is 28.4 Å². The second-order valence-electron chi connectivity index (χ2n) is 4.52. The predicted octanol–water partition coefficient (Wildman–Crippen LogP) is 3.06. The number of methoxy groups -OCH3 is 2. The first-order chi connectivity index (χ1) is 11.1. The maximum Gasteiger partial charge on any atom is 0.270 e. The molecule has 0 atom stereocenters. The van der Waals surface area contributed by atoms with Gasteiger partial charge in [-0.1, -0.05) is 0 Å². The Morgan fingerprint density at radius 3 is 2.39 bits per heavy atom. The largest absolute Gasteiger partial charge is 0.496 e. The number of ether oxygens (including phenoxy) is 3. The van der Waals surface area contributed by atoms with E-state index in [2.05, 4.69) is 0 Å². The van der Waals surface area contributed by atoms with Crippen LogP contribution in [0.2, 0.25) is 0 Å². The number of nitrogens with zero attached hydrogens (tertiary/aromatic N) is 2. The van der Waals surface area contributed by atoms with E-state index < -0.39 is 4.92 Å². The molecule has 0 N–H and O–H groups in total. The van der Waals surface area contributed by atoms with E-state index in [4.69, 9.17) is 19.5 Å². The third kappa shape index (κ3) is 3.68. The van der Waals surface area contributed by atoms with Crippen molar-refractivity contribution in [2.75, 3.05) is 14.2 Å². The topological polar surface area (TPSA) is 94.6 Å². The standard InChI is InChI=1S/C16H14N2O5/c1-21-14-6-4-13(18(19)20)8-12(14)10-23-15-5-3-11(9-17)7-16(15)22-2/h3-8H,10H2,1-2H3. The fourth-order valence-electron chi connectivity index (χ4n) is 2.00. The summed E-state index contributed by atoms with van der Waals surface area (Å²) in [7, 11) is 2.95. The zero-order chi connectivity index (χ0) is 16.8. The Hall–Kier alpha value is -3.27. The molecular formula is C16H14N2O5. The first-order valence-corrected chi connectivity index (χ1v) is 6.61. The van der Waals surface area contributed by atoms with E-state index in [-0.39, 0.29) is 12.3 Å². The van der Waals surface area contributed by atoms with E-state index in [9.17, 15) is 10.1 Å². The average Bonchev–Trinajstić information content (AvgIpc) is 2.59. The molecule has 23 heavy (non-hydrogen) atoms. The van der Waals surface area contributed by atoms with Crippen molar-refractivity contribution in [1.29, 1.82) is 5.26 Å². The second-order valence-corrected chi connectivity index (χ2v) is 4.52. The zero-order valence-corrected chi connectivity index (χ0v) is 12.6. The predicted molar refractivity (Wildman–Crippen MR) is 81.7 cm³/mol. The van der Waals surface area contributed by atoms with Crippen LogP contribution in [0.15, 0.2) is 36.4 Å². The summed E-state index contributed by atoms with van der Waals surface area (Å²) < 4.78 is 16.0. The van der Waals surface area contributed by atoms with Crippen LogP contribution in [-0.2, 0) is 6.61 Å². The molecule has 0 amide bonds. The Bertz CT molecular complexity index is 768. The van der Waals surface area contributed by atoms with Crippen LogP contribution in [-0.4, -0.2) is 19.1 Å². The molecule has 0 bridgehead atoms. The lowest BCUT2D eigenvalue weighted by atomic mass is 10.2. The van der Waals surface area contributed by atoms with Gasteiger partial charge in [-0.05, 0) is 18.2 Å². The minimum atomic E-state index is -0.481. The molecule has 118 valence electrons. The van der Waals surface area contributed by atoms with Crippen molar-refractivity contribution >= 4 is 5.69 Å². The highest BCUT2D eigenvalue weighted by Crippen LogP contribution is 2.30. The summed E-state index contributed by atoms with van der Waals surface area (Å²) in [5.41, 5.74) is 0.937. The molecule has 0 saturated carbocycles. The quantitative estimate of drug-likeness (QED) is 0.600. The molecule has 2 aromatic rings. The van der Waals surface area contributed by atoms with Gasteiger partial charge in [0.05, 0.1) is 30.8 Å². The number of nitro benzene ring substituents is 1. The van der Waals surface area contributed by atoms with Crippen molar-refractivity contribution in [2.24, 2.45) is 0 Å². The van der Waals surface area contributed by atoms with Crippen molar-refractivity contribution in [3.05, 3.63) is 57.6 Å². The van der Waals surface area contributed by atoms with Gasteiger partial charge in [-0.25, -0.2) is 0 Å². The Balaban J connectivity index is 2.25. The lowest BCUT2D eigenvalue weighted by Gasteiger charge is -2.12. The number of nitro groups is 1. The third-order valence-corrected chi connectivity index (χ3v) is 3.15. The SMILES string of the molecule is COc1ccc([N+](=O)[O-])cc1COc1ccc(C#N)cc1OC. The summed E-state index contributed by atoms with van der Waals surface area (Å²) >= 11 is 0. The van der Waals surface area contributed by atoms with Crippen LogP contribution in [0.1, 0.15) is 11.1 Å². The summed E-state index contributed by atoms with van der Waals surface area (Å²) in [4.78, 5) is 10.4. The number of non-ortho nitro benzene ring substituents is 1. The summed E-state index contributed by atoms with van der Waals surface area (Å²) in [6.07, 6.45) is 0. The number of benzene rings is 2. The van der Waals surface area contributed by atoms with E-state index in [1.807, 2.05) is 6.07 Å². The number of hydrogen-bond acceptors (Lipinski definition) is 6. The van der Waals surface area contributed by atoms with Gasteiger partial charge in [0.25, 0.3) is 5.69 Å². The molecule has 0 aliphatic carbocycles. The Labute approximate surface area is 132 Å². The molecule has 0 aliphatic rings. The molecule has 0 aliphatic heterocycles. The monoisotopic (exact) mass is 314 g/mol. The van der Waals surface area contributed by atoms with Crippen molar-refractivity contribution in [2.45, 2.75) is 6.61 Å². The maximum atomic E-state index is 10.9. The fourth-order valence-corrected chi connectivity index (χ4v) is 2.00.